The van der Waals surface area contributed by atoms with Gasteiger partial charge in [-0.3, -0.25) is 19.1 Å². The van der Waals surface area contributed by atoms with Gasteiger partial charge in [0.15, 0.2) is 5.60 Å². The topological polar surface area (TPSA) is 119 Å². The van der Waals surface area contributed by atoms with Crippen LogP contribution in [0.25, 0.3) is 10.9 Å². The first kappa shape index (κ1) is 21.9. The lowest BCUT2D eigenvalue weighted by Crippen LogP contribution is -2.55. The highest BCUT2D eigenvalue weighted by Crippen LogP contribution is 2.59. The summed E-state index contributed by atoms with van der Waals surface area (Å²) in [5.74, 6) is -1.10. The third kappa shape index (κ3) is 2.70. The molecule has 2 fully saturated rings. The molecule has 0 bridgehead atoms. The number of sulfonamides is 1. The van der Waals surface area contributed by atoms with Crippen LogP contribution in [-0.4, -0.2) is 52.1 Å². The van der Waals surface area contributed by atoms with Crippen molar-refractivity contribution in [1.29, 1.82) is 0 Å². The lowest BCUT2D eigenvalue weighted by molar-refractivity contribution is -0.154. The van der Waals surface area contributed by atoms with E-state index in [1.54, 1.807) is 48.5 Å². The Balaban J connectivity index is 1.56. The van der Waals surface area contributed by atoms with Crippen molar-refractivity contribution in [2.24, 2.45) is 0 Å². The fourth-order valence-electron chi connectivity index (χ4n) is 5.83. The number of hydrogen-bond donors (Lipinski definition) is 0. The molecule has 0 N–H and O–H groups in total. The van der Waals surface area contributed by atoms with Crippen molar-refractivity contribution in [2.75, 3.05) is 11.2 Å². The molecule has 1 amide bonds. The molecule has 2 aromatic carbocycles. The summed E-state index contributed by atoms with van der Waals surface area (Å²) in [5.41, 5.74) is -1.78. The Morgan fingerprint density at radius 2 is 1.71 bits per heavy atom. The van der Waals surface area contributed by atoms with Crippen molar-refractivity contribution in [3.8, 4) is 0 Å². The predicted molar refractivity (Wildman–Crippen MR) is 126 cm³/mol. The van der Waals surface area contributed by atoms with Crippen molar-refractivity contribution in [1.82, 2.24) is 13.9 Å². The lowest BCUT2D eigenvalue weighted by atomic mass is 9.88. The molecule has 35 heavy (non-hydrogen) atoms. The maximum absolute atomic E-state index is 13.5. The van der Waals surface area contributed by atoms with E-state index in [1.807, 2.05) is 0 Å². The number of esters is 1. The fourth-order valence-corrected chi connectivity index (χ4v) is 7.36. The summed E-state index contributed by atoms with van der Waals surface area (Å²) in [7, 11) is -3.92. The van der Waals surface area contributed by atoms with E-state index in [-0.39, 0.29) is 6.42 Å². The van der Waals surface area contributed by atoms with Gasteiger partial charge in [-0.15, -0.1) is 0 Å². The Hall–Kier alpha value is -3.57. The number of carbonyl (C=O) groups excluding carboxylic acids is 2. The van der Waals surface area contributed by atoms with Crippen LogP contribution in [0, 0.1) is 0 Å². The number of hydrogen-bond acceptors (Lipinski definition) is 7. The van der Waals surface area contributed by atoms with Gasteiger partial charge >= 0.3 is 5.97 Å². The number of ether oxygens (including phenoxy) is 1. The Bertz CT molecular complexity index is 1610. The first-order chi connectivity index (χ1) is 16.5. The zero-order valence-corrected chi connectivity index (χ0v) is 20.0. The third-order valence-electron chi connectivity index (χ3n) is 7.23. The zero-order chi connectivity index (χ0) is 24.9. The minimum absolute atomic E-state index is 0.0423. The molecule has 3 aromatic rings. The standard InChI is InChI=1S/C24H22N4O6S/c1-23(2)22(31)27-17-11-7-5-9-15(17)24(21(27)28(23)35(3,32)33)12-18(20(30)34-24)26-13-25-16-10-6-4-8-14(16)19(26)29/h4-11,13,18,21H,12H2,1-3H3/t18-,21-,24-/m0/s1. The Kier molecular flexibility index (Phi) is 4.24. The van der Waals surface area contributed by atoms with Crippen LogP contribution in [0.4, 0.5) is 5.69 Å². The Labute approximate surface area is 200 Å². The van der Waals surface area contributed by atoms with E-state index in [1.165, 1.54) is 29.6 Å². The maximum Gasteiger partial charge on any atom is 0.330 e. The van der Waals surface area contributed by atoms with E-state index in [9.17, 15) is 22.8 Å². The van der Waals surface area contributed by atoms with Crippen LogP contribution in [0.15, 0.2) is 59.7 Å². The Morgan fingerprint density at radius 3 is 2.46 bits per heavy atom. The maximum atomic E-state index is 13.5. The molecule has 1 aromatic heterocycles. The van der Waals surface area contributed by atoms with Crippen molar-refractivity contribution in [3.63, 3.8) is 0 Å². The largest absolute Gasteiger partial charge is 0.449 e. The summed E-state index contributed by atoms with van der Waals surface area (Å²) >= 11 is 0. The number of carbonyl (C=O) groups is 2. The molecule has 6 rings (SSSR count). The van der Waals surface area contributed by atoms with E-state index in [2.05, 4.69) is 4.98 Å². The summed E-state index contributed by atoms with van der Waals surface area (Å²) in [6.45, 7) is 3.08. The van der Waals surface area contributed by atoms with Gasteiger partial charge in [0, 0.05) is 12.0 Å². The second-order valence-electron chi connectivity index (χ2n) is 9.69. The second kappa shape index (κ2) is 6.76. The molecular formula is C24H22N4O6S. The number of nitrogens with zero attached hydrogens (tertiary/aromatic N) is 4. The summed E-state index contributed by atoms with van der Waals surface area (Å²) < 4.78 is 34.4. The summed E-state index contributed by atoms with van der Waals surface area (Å²) in [6.07, 6.45) is 1.19. The van der Waals surface area contributed by atoms with E-state index in [0.29, 0.717) is 22.2 Å². The molecule has 0 unspecified atom stereocenters. The van der Waals surface area contributed by atoms with Gasteiger partial charge in [-0.05, 0) is 32.0 Å². The molecule has 3 aliphatic heterocycles. The lowest BCUT2D eigenvalue weighted by Gasteiger charge is -2.37. The highest BCUT2D eigenvalue weighted by molar-refractivity contribution is 7.88. The number of para-hydroxylation sites is 2. The molecule has 3 atom stereocenters. The number of anilines is 1. The second-order valence-corrected chi connectivity index (χ2v) is 11.5. The van der Waals surface area contributed by atoms with Gasteiger partial charge in [0.1, 0.15) is 17.7 Å². The van der Waals surface area contributed by atoms with Gasteiger partial charge in [-0.1, -0.05) is 30.3 Å². The first-order valence-corrected chi connectivity index (χ1v) is 12.9. The van der Waals surface area contributed by atoms with Crippen LogP contribution in [-0.2, 0) is 30.0 Å². The number of amides is 1. The van der Waals surface area contributed by atoms with E-state index < -0.39 is 50.8 Å². The van der Waals surface area contributed by atoms with Gasteiger partial charge in [-0.25, -0.2) is 18.2 Å². The fraction of sp³-hybridized carbons (Fsp3) is 0.333. The zero-order valence-electron chi connectivity index (χ0n) is 19.2. The average molecular weight is 495 g/mol. The molecule has 3 aliphatic rings. The quantitative estimate of drug-likeness (QED) is 0.496. The van der Waals surface area contributed by atoms with Crippen molar-refractivity contribution < 1.29 is 22.7 Å². The molecule has 0 aliphatic carbocycles. The van der Waals surface area contributed by atoms with Crippen molar-refractivity contribution in [3.05, 3.63) is 70.8 Å². The van der Waals surface area contributed by atoms with Crippen molar-refractivity contribution >= 4 is 38.5 Å². The van der Waals surface area contributed by atoms with Gasteiger partial charge in [-0.2, -0.15) is 4.31 Å². The highest BCUT2D eigenvalue weighted by atomic mass is 32.2. The molecule has 10 nitrogen and oxygen atoms in total. The highest BCUT2D eigenvalue weighted by Gasteiger charge is 2.71. The van der Waals surface area contributed by atoms with Crippen LogP contribution in [0.5, 0.6) is 0 Å². The summed E-state index contributed by atoms with van der Waals surface area (Å²) in [4.78, 5) is 45.8. The summed E-state index contributed by atoms with van der Waals surface area (Å²) in [6, 6.07) is 12.7. The minimum Gasteiger partial charge on any atom is -0.449 e. The van der Waals surface area contributed by atoms with Gasteiger partial charge in [0.05, 0.1) is 29.2 Å². The van der Waals surface area contributed by atoms with Crippen molar-refractivity contribution in [2.45, 2.75) is 43.6 Å². The van der Waals surface area contributed by atoms with Crippen LogP contribution >= 0.6 is 0 Å². The van der Waals surface area contributed by atoms with Crippen LogP contribution in [0.3, 0.4) is 0 Å². The number of fused-ring (bicyclic) bond motifs is 6. The smallest absolute Gasteiger partial charge is 0.330 e. The third-order valence-corrected chi connectivity index (χ3v) is 8.60. The molecular weight excluding hydrogens is 472 g/mol. The van der Waals surface area contributed by atoms with Crippen LogP contribution in [0.2, 0.25) is 0 Å². The van der Waals surface area contributed by atoms with Gasteiger partial charge in [0.2, 0.25) is 15.9 Å². The van der Waals surface area contributed by atoms with Crippen LogP contribution in [0.1, 0.15) is 31.9 Å². The normalized spacial score (nSPS) is 27.5. The molecule has 180 valence electrons. The predicted octanol–water partition coefficient (Wildman–Crippen LogP) is 1.51. The molecule has 11 heteroatoms. The molecule has 0 saturated carbocycles. The van der Waals surface area contributed by atoms with Gasteiger partial charge in [0.25, 0.3) is 5.56 Å². The number of aromatic nitrogens is 2. The average Bonchev–Trinajstić information content (AvgIpc) is 3.36. The molecule has 4 heterocycles. The van der Waals surface area contributed by atoms with E-state index in [4.69, 9.17) is 4.74 Å². The molecule has 0 radical (unpaired) electrons. The van der Waals surface area contributed by atoms with Crippen LogP contribution < -0.4 is 10.5 Å². The SMILES string of the molecule is CC1(C)C(=O)N2c3ccccc3[C@@]3(C[C@H](n4cnc5ccccc5c4=O)C(=O)O3)[C@@H]2N1S(C)(=O)=O. The Morgan fingerprint density at radius 1 is 1.03 bits per heavy atom. The van der Waals surface area contributed by atoms with E-state index >= 15 is 0 Å². The molecule has 1 spiro atoms. The molecule has 2 saturated heterocycles. The minimum atomic E-state index is -3.92. The first-order valence-electron chi connectivity index (χ1n) is 11.1. The monoisotopic (exact) mass is 494 g/mol. The number of rotatable bonds is 2. The van der Waals surface area contributed by atoms with Gasteiger partial charge < -0.3 is 4.74 Å². The van der Waals surface area contributed by atoms with E-state index in [0.717, 1.165) is 10.6 Å². The summed E-state index contributed by atoms with van der Waals surface area (Å²) in [5, 5.41) is 0.354. The number of benzene rings is 2.